The smallest absolute Gasteiger partial charge is 0.0823 e. The van der Waals surface area contributed by atoms with E-state index in [0.717, 1.165) is 12.8 Å². The minimum Gasteiger partial charge on any atom is -0.306 e. The Morgan fingerprint density at radius 1 is 1.04 bits per heavy atom. The maximum Gasteiger partial charge on any atom is 0.0823 e. The van der Waals surface area contributed by atoms with Gasteiger partial charge in [-0.1, -0.05) is 30.3 Å². The molecule has 1 aromatic carbocycles. The minimum atomic E-state index is -0.242. The predicted octanol–water partition coefficient (Wildman–Crippen LogP) is 3.03. The van der Waals surface area contributed by atoms with Crippen molar-refractivity contribution in [1.82, 2.24) is 9.80 Å². The van der Waals surface area contributed by atoms with E-state index < -0.39 is 0 Å². The standard InChI is InChI=1S/C20H27N3/c1-22-12-11-19(14-22)15-23(16-19)18-7-9-20(13-21,10-8-18)17-5-3-2-4-6-17/h2-6,18H,7-12,14-16H2,1H3. The summed E-state index contributed by atoms with van der Waals surface area (Å²) in [6.07, 6.45) is 5.75. The van der Waals surface area contributed by atoms with Crippen LogP contribution in [-0.4, -0.2) is 49.1 Å². The normalized spacial score (nSPS) is 34.2. The highest BCUT2D eigenvalue weighted by molar-refractivity contribution is 5.33. The van der Waals surface area contributed by atoms with Crippen molar-refractivity contribution < 1.29 is 0 Å². The quantitative estimate of drug-likeness (QED) is 0.841. The largest absolute Gasteiger partial charge is 0.306 e. The molecule has 2 aliphatic heterocycles. The third-order valence-corrected chi connectivity index (χ3v) is 6.57. The highest BCUT2D eigenvalue weighted by Gasteiger charge is 2.50. The van der Waals surface area contributed by atoms with Crippen molar-refractivity contribution in [3.05, 3.63) is 35.9 Å². The minimum absolute atomic E-state index is 0.242. The summed E-state index contributed by atoms with van der Waals surface area (Å²) in [5.41, 5.74) is 1.57. The molecule has 0 atom stereocenters. The first kappa shape index (κ1) is 15.2. The SMILES string of the molecule is CN1CCC2(C1)CN(C1CCC(C#N)(c3ccccc3)CC1)C2. The van der Waals surface area contributed by atoms with E-state index >= 15 is 0 Å². The third kappa shape index (κ3) is 2.58. The summed E-state index contributed by atoms with van der Waals surface area (Å²) in [4.78, 5) is 5.18. The van der Waals surface area contributed by atoms with Crippen molar-refractivity contribution >= 4 is 0 Å². The molecule has 3 fully saturated rings. The first-order valence-electron chi connectivity index (χ1n) is 9.04. The number of rotatable bonds is 2. The summed E-state index contributed by atoms with van der Waals surface area (Å²) in [6, 6.07) is 13.8. The van der Waals surface area contributed by atoms with Crippen LogP contribution in [-0.2, 0) is 5.41 Å². The Morgan fingerprint density at radius 2 is 1.74 bits per heavy atom. The van der Waals surface area contributed by atoms with E-state index in [-0.39, 0.29) is 5.41 Å². The number of benzene rings is 1. The van der Waals surface area contributed by atoms with E-state index in [2.05, 4.69) is 47.2 Å². The zero-order valence-corrected chi connectivity index (χ0v) is 14.2. The van der Waals surface area contributed by atoms with Gasteiger partial charge in [0, 0.05) is 31.1 Å². The molecule has 1 aliphatic carbocycles. The van der Waals surface area contributed by atoms with Crippen LogP contribution in [0.2, 0.25) is 0 Å². The van der Waals surface area contributed by atoms with E-state index in [1.165, 1.54) is 51.0 Å². The van der Waals surface area contributed by atoms with E-state index in [0.29, 0.717) is 11.5 Å². The van der Waals surface area contributed by atoms with E-state index in [1.807, 2.05) is 6.07 Å². The fraction of sp³-hybridized carbons (Fsp3) is 0.650. The van der Waals surface area contributed by atoms with Gasteiger partial charge in [0.2, 0.25) is 0 Å². The molecule has 0 bridgehead atoms. The highest BCUT2D eigenvalue weighted by atomic mass is 15.3. The Labute approximate surface area is 139 Å². The molecule has 3 nitrogen and oxygen atoms in total. The van der Waals surface area contributed by atoms with Crippen molar-refractivity contribution in [2.75, 3.05) is 33.2 Å². The number of nitriles is 1. The van der Waals surface area contributed by atoms with Gasteiger partial charge in [-0.3, -0.25) is 4.90 Å². The Hall–Kier alpha value is -1.37. The van der Waals surface area contributed by atoms with Gasteiger partial charge in [-0.25, -0.2) is 0 Å². The van der Waals surface area contributed by atoms with Crippen LogP contribution in [0.25, 0.3) is 0 Å². The number of hydrogen-bond acceptors (Lipinski definition) is 3. The molecule has 2 saturated heterocycles. The van der Waals surface area contributed by atoms with Gasteiger partial charge in [0.25, 0.3) is 0 Å². The average molecular weight is 309 g/mol. The second-order valence-electron chi connectivity index (χ2n) is 8.18. The van der Waals surface area contributed by atoms with Gasteiger partial charge < -0.3 is 4.90 Å². The van der Waals surface area contributed by atoms with Crippen LogP contribution < -0.4 is 0 Å². The van der Waals surface area contributed by atoms with Crippen molar-refractivity contribution in [2.45, 2.75) is 43.6 Å². The van der Waals surface area contributed by atoms with Crippen molar-refractivity contribution in [3.8, 4) is 6.07 Å². The van der Waals surface area contributed by atoms with Gasteiger partial charge in [0.1, 0.15) is 0 Å². The van der Waals surface area contributed by atoms with Crippen LogP contribution in [0.4, 0.5) is 0 Å². The lowest BCUT2D eigenvalue weighted by Gasteiger charge is -2.53. The van der Waals surface area contributed by atoms with Crippen LogP contribution in [0.15, 0.2) is 30.3 Å². The molecule has 3 aliphatic rings. The molecular weight excluding hydrogens is 282 g/mol. The first-order valence-corrected chi connectivity index (χ1v) is 9.04. The van der Waals surface area contributed by atoms with E-state index in [1.54, 1.807) is 0 Å². The molecule has 122 valence electrons. The first-order chi connectivity index (χ1) is 11.1. The van der Waals surface area contributed by atoms with Gasteiger partial charge >= 0.3 is 0 Å². The number of nitrogens with zero attached hydrogens (tertiary/aromatic N) is 3. The van der Waals surface area contributed by atoms with Crippen LogP contribution in [0, 0.1) is 16.7 Å². The summed E-state index contributed by atoms with van der Waals surface area (Å²) in [5, 5.41) is 9.82. The van der Waals surface area contributed by atoms with Crippen LogP contribution in [0.1, 0.15) is 37.7 Å². The van der Waals surface area contributed by atoms with Crippen LogP contribution in [0.3, 0.4) is 0 Å². The molecule has 2 heterocycles. The van der Waals surface area contributed by atoms with Gasteiger partial charge in [0.05, 0.1) is 11.5 Å². The summed E-state index contributed by atoms with van der Waals surface area (Å²) in [7, 11) is 2.25. The van der Waals surface area contributed by atoms with Gasteiger partial charge in [-0.15, -0.1) is 0 Å². The topological polar surface area (TPSA) is 30.3 Å². The highest BCUT2D eigenvalue weighted by Crippen LogP contribution is 2.45. The molecule has 1 aromatic rings. The van der Waals surface area contributed by atoms with Gasteiger partial charge in [-0.05, 0) is 51.3 Å². The summed E-state index contributed by atoms with van der Waals surface area (Å²) < 4.78 is 0. The fourth-order valence-electron chi connectivity index (χ4n) is 5.17. The Balaban J connectivity index is 1.38. The van der Waals surface area contributed by atoms with Crippen molar-refractivity contribution in [1.29, 1.82) is 5.26 Å². The van der Waals surface area contributed by atoms with E-state index in [9.17, 15) is 5.26 Å². The lowest BCUT2D eigenvalue weighted by atomic mass is 9.67. The molecular formula is C20H27N3. The molecule has 0 aromatic heterocycles. The Kier molecular flexibility index (Phi) is 3.70. The van der Waals surface area contributed by atoms with Gasteiger partial charge in [0.15, 0.2) is 0 Å². The summed E-state index contributed by atoms with van der Waals surface area (Å²) in [5.74, 6) is 0. The van der Waals surface area contributed by atoms with Crippen molar-refractivity contribution in [3.63, 3.8) is 0 Å². The zero-order valence-electron chi connectivity index (χ0n) is 14.2. The molecule has 0 amide bonds. The predicted molar refractivity (Wildman–Crippen MR) is 92.1 cm³/mol. The maximum atomic E-state index is 9.82. The second kappa shape index (κ2) is 5.61. The number of hydrogen-bond donors (Lipinski definition) is 0. The maximum absolute atomic E-state index is 9.82. The number of likely N-dealkylation sites (tertiary alicyclic amines) is 2. The third-order valence-electron chi connectivity index (χ3n) is 6.57. The monoisotopic (exact) mass is 309 g/mol. The molecule has 0 radical (unpaired) electrons. The van der Waals surface area contributed by atoms with Crippen LogP contribution >= 0.6 is 0 Å². The second-order valence-corrected chi connectivity index (χ2v) is 8.18. The lowest BCUT2D eigenvalue weighted by Crippen LogP contribution is -2.61. The van der Waals surface area contributed by atoms with Crippen LogP contribution in [0.5, 0.6) is 0 Å². The molecule has 0 N–H and O–H groups in total. The molecule has 1 saturated carbocycles. The summed E-state index contributed by atoms with van der Waals surface area (Å²) >= 11 is 0. The molecule has 4 rings (SSSR count). The Bertz CT molecular complexity index is 589. The molecule has 3 heteroatoms. The average Bonchev–Trinajstić information content (AvgIpc) is 2.97. The zero-order chi connectivity index (χ0) is 15.9. The molecule has 0 unspecified atom stereocenters. The Morgan fingerprint density at radius 3 is 2.30 bits per heavy atom. The fourth-order valence-corrected chi connectivity index (χ4v) is 5.17. The molecule has 1 spiro atoms. The van der Waals surface area contributed by atoms with Gasteiger partial charge in [-0.2, -0.15) is 5.26 Å². The van der Waals surface area contributed by atoms with E-state index in [4.69, 9.17) is 0 Å². The lowest BCUT2D eigenvalue weighted by molar-refractivity contribution is -0.0370. The van der Waals surface area contributed by atoms with Crippen molar-refractivity contribution in [2.24, 2.45) is 5.41 Å². The summed E-state index contributed by atoms with van der Waals surface area (Å²) in [6.45, 7) is 5.12. The molecule has 23 heavy (non-hydrogen) atoms.